The van der Waals surface area contributed by atoms with Gasteiger partial charge in [0.2, 0.25) is 0 Å². The minimum absolute atomic E-state index is 0.0297. The van der Waals surface area contributed by atoms with Gasteiger partial charge in [-0.05, 0) is 50.1 Å². The summed E-state index contributed by atoms with van der Waals surface area (Å²) >= 11 is 0. The fourth-order valence-corrected chi connectivity index (χ4v) is 3.53. The number of carbonyl (C=O) groups is 2. The number of ether oxygens (including phenoxy) is 2. The van der Waals surface area contributed by atoms with Crippen LogP contribution in [-0.4, -0.2) is 27.8 Å². The normalized spacial score (nSPS) is 11.8. The summed E-state index contributed by atoms with van der Waals surface area (Å²) in [6.45, 7) is 4.23. The molecule has 37 heavy (non-hydrogen) atoms. The van der Waals surface area contributed by atoms with Crippen LogP contribution >= 0.6 is 0 Å². The molecule has 0 radical (unpaired) electrons. The molecule has 0 bridgehead atoms. The molecule has 0 saturated carbocycles. The first-order valence-corrected chi connectivity index (χ1v) is 11.0. The van der Waals surface area contributed by atoms with Gasteiger partial charge >= 0.3 is 18.1 Å². The molecule has 0 atom stereocenters. The van der Waals surface area contributed by atoms with Gasteiger partial charge in [0.15, 0.2) is 0 Å². The standard InChI is InChI=1S/C27H24F4O6/c1-26(2,3)37-25(35)22-17(9-12-20(24(22)34)27(29,30)31)14-36-18-10-7-15(8-11-18)19-6-4-5-16(23(19)28)13-21(32)33/h4-12,34H,13-14H2,1-3H3,(H,32,33). The van der Waals surface area contributed by atoms with Crippen molar-refractivity contribution >= 4 is 11.9 Å². The van der Waals surface area contributed by atoms with Crippen molar-refractivity contribution in [1.29, 1.82) is 0 Å². The lowest BCUT2D eigenvalue weighted by atomic mass is 10.0. The van der Waals surface area contributed by atoms with Crippen molar-refractivity contribution in [2.75, 3.05) is 0 Å². The van der Waals surface area contributed by atoms with Crippen LogP contribution in [0.25, 0.3) is 11.1 Å². The van der Waals surface area contributed by atoms with Crippen LogP contribution in [0.15, 0.2) is 54.6 Å². The first-order valence-electron chi connectivity index (χ1n) is 11.0. The predicted octanol–water partition coefficient (Wildman–Crippen LogP) is 6.38. The summed E-state index contributed by atoms with van der Waals surface area (Å²) in [5.41, 5.74) is -2.43. The maximum Gasteiger partial charge on any atom is 0.419 e. The van der Waals surface area contributed by atoms with Crippen molar-refractivity contribution in [3.05, 3.63) is 82.7 Å². The van der Waals surface area contributed by atoms with Crippen LogP contribution in [0.4, 0.5) is 17.6 Å². The van der Waals surface area contributed by atoms with Crippen molar-refractivity contribution in [3.63, 3.8) is 0 Å². The van der Waals surface area contributed by atoms with Gasteiger partial charge in [0, 0.05) is 11.1 Å². The van der Waals surface area contributed by atoms with E-state index in [4.69, 9.17) is 14.6 Å². The van der Waals surface area contributed by atoms with Crippen LogP contribution in [0.1, 0.15) is 47.8 Å². The van der Waals surface area contributed by atoms with Crippen molar-refractivity contribution in [2.45, 2.75) is 45.6 Å². The molecule has 0 aliphatic heterocycles. The molecule has 196 valence electrons. The van der Waals surface area contributed by atoms with E-state index in [1.807, 2.05) is 0 Å². The van der Waals surface area contributed by atoms with E-state index in [-0.39, 0.29) is 29.0 Å². The highest BCUT2D eigenvalue weighted by atomic mass is 19.4. The third kappa shape index (κ3) is 6.78. The number of hydrogen-bond donors (Lipinski definition) is 2. The molecule has 2 N–H and O–H groups in total. The molecule has 3 aromatic carbocycles. The first kappa shape index (κ1) is 27.5. The Kier molecular flexibility index (Phi) is 7.80. The van der Waals surface area contributed by atoms with Gasteiger partial charge in [-0.15, -0.1) is 0 Å². The van der Waals surface area contributed by atoms with E-state index in [2.05, 4.69) is 0 Å². The number of esters is 1. The molecule has 0 aliphatic rings. The van der Waals surface area contributed by atoms with Gasteiger partial charge < -0.3 is 19.7 Å². The largest absolute Gasteiger partial charge is 0.506 e. The van der Waals surface area contributed by atoms with Gasteiger partial charge in [-0.3, -0.25) is 4.79 Å². The summed E-state index contributed by atoms with van der Waals surface area (Å²) in [6.07, 6.45) is -5.37. The van der Waals surface area contributed by atoms with Gasteiger partial charge in [0.25, 0.3) is 0 Å². The molecular formula is C27H24F4O6. The summed E-state index contributed by atoms with van der Waals surface area (Å²) in [5.74, 6) is -3.97. The third-order valence-electron chi connectivity index (χ3n) is 5.15. The molecule has 3 rings (SSSR count). The zero-order chi connectivity index (χ0) is 27.5. The van der Waals surface area contributed by atoms with Crippen LogP contribution in [0, 0.1) is 5.82 Å². The first-order chi connectivity index (χ1) is 17.2. The van der Waals surface area contributed by atoms with Crippen LogP contribution in [-0.2, 0) is 28.7 Å². The fraction of sp³-hybridized carbons (Fsp3) is 0.259. The Morgan fingerprint density at radius 2 is 1.57 bits per heavy atom. The van der Waals surface area contributed by atoms with E-state index < -0.39 is 52.8 Å². The highest BCUT2D eigenvalue weighted by molar-refractivity contribution is 5.95. The smallest absolute Gasteiger partial charge is 0.419 e. The monoisotopic (exact) mass is 520 g/mol. The summed E-state index contributed by atoms with van der Waals surface area (Å²) in [4.78, 5) is 23.6. The van der Waals surface area contributed by atoms with E-state index in [0.29, 0.717) is 11.6 Å². The van der Waals surface area contributed by atoms with Crippen LogP contribution in [0.5, 0.6) is 11.5 Å². The van der Waals surface area contributed by atoms with Crippen LogP contribution in [0.3, 0.4) is 0 Å². The number of aromatic hydroxyl groups is 1. The zero-order valence-corrected chi connectivity index (χ0v) is 20.1. The van der Waals surface area contributed by atoms with Gasteiger partial charge in [0.1, 0.15) is 35.1 Å². The quantitative estimate of drug-likeness (QED) is 0.278. The number of benzene rings is 3. The van der Waals surface area contributed by atoms with Crippen molar-refractivity contribution in [1.82, 2.24) is 0 Å². The number of phenols is 1. The van der Waals surface area contributed by atoms with Crippen LogP contribution < -0.4 is 4.74 Å². The van der Waals surface area contributed by atoms with E-state index in [1.54, 1.807) is 0 Å². The van der Waals surface area contributed by atoms with E-state index >= 15 is 0 Å². The summed E-state index contributed by atoms with van der Waals surface area (Å²) in [5, 5.41) is 19.2. The number of carbonyl (C=O) groups excluding carboxylic acids is 1. The molecule has 0 unspecified atom stereocenters. The Bertz CT molecular complexity index is 1310. The molecule has 0 spiro atoms. The molecule has 0 fully saturated rings. The highest BCUT2D eigenvalue weighted by Gasteiger charge is 2.37. The summed E-state index contributed by atoms with van der Waals surface area (Å²) in [7, 11) is 0. The lowest BCUT2D eigenvalue weighted by Gasteiger charge is -2.22. The number of aliphatic carboxylic acids is 1. The van der Waals surface area contributed by atoms with Crippen molar-refractivity contribution < 1.29 is 46.8 Å². The third-order valence-corrected chi connectivity index (χ3v) is 5.15. The lowest BCUT2D eigenvalue weighted by molar-refractivity contribution is -0.139. The minimum Gasteiger partial charge on any atom is -0.506 e. The summed E-state index contributed by atoms with van der Waals surface area (Å²) < 4.78 is 65.5. The fourth-order valence-electron chi connectivity index (χ4n) is 3.53. The Balaban J connectivity index is 1.87. The second-order valence-electron chi connectivity index (χ2n) is 9.16. The maximum atomic E-state index is 14.7. The topological polar surface area (TPSA) is 93.1 Å². The van der Waals surface area contributed by atoms with Gasteiger partial charge in [0.05, 0.1) is 12.0 Å². The zero-order valence-electron chi connectivity index (χ0n) is 20.1. The van der Waals surface area contributed by atoms with Crippen molar-refractivity contribution in [2.24, 2.45) is 0 Å². The number of phenolic OH excluding ortho intramolecular Hbond substituents is 1. The number of rotatable bonds is 7. The van der Waals surface area contributed by atoms with Gasteiger partial charge in [-0.25, -0.2) is 9.18 Å². The predicted molar refractivity (Wildman–Crippen MR) is 126 cm³/mol. The second-order valence-corrected chi connectivity index (χ2v) is 9.16. The number of carboxylic acid groups (broad SMARTS) is 1. The molecule has 0 amide bonds. The number of hydrogen-bond acceptors (Lipinski definition) is 5. The molecule has 6 nitrogen and oxygen atoms in total. The number of halogens is 4. The number of alkyl halides is 3. The van der Waals surface area contributed by atoms with Gasteiger partial charge in [-0.2, -0.15) is 13.2 Å². The Morgan fingerprint density at radius 1 is 0.919 bits per heavy atom. The molecule has 0 aliphatic carbocycles. The molecule has 10 heteroatoms. The van der Waals surface area contributed by atoms with E-state index in [0.717, 1.165) is 6.07 Å². The lowest BCUT2D eigenvalue weighted by Crippen LogP contribution is -2.25. The maximum absolute atomic E-state index is 14.7. The molecule has 3 aromatic rings. The van der Waals surface area contributed by atoms with Crippen molar-refractivity contribution in [3.8, 4) is 22.6 Å². The second kappa shape index (κ2) is 10.5. The molecule has 0 saturated heterocycles. The molecule has 0 aromatic heterocycles. The van der Waals surface area contributed by atoms with E-state index in [1.165, 1.54) is 63.2 Å². The Hall–Kier alpha value is -4.08. The molecular weight excluding hydrogens is 496 g/mol. The average molecular weight is 520 g/mol. The minimum atomic E-state index is -4.90. The van der Waals surface area contributed by atoms with Crippen LogP contribution in [0.2, 0.25) is 0 Å². The molecule has 0 heterocycles. The summed E-state index contributed by atoms with van der Waals surface area (Å²) in [6, 6.07) is 12.1. The SMILES string of the molecule is CC(C)(C)OC(=O)c1c(COc2ccc(-c3cccc(CC(=O)O)c3F)cc2)ccc(C(F)(F)F)c1O. The number of carboxylic acids is 1. The Labute approximate surface area is 210 Å². The van der Waals surface area contributed by atoms with E-state index in [9.17, 15) is 32.3 Å². The average Bonchev–Trinajstić information content (AvgIpc) is 2.77. The highest BCUT2D eigenvalue weighted by Crippen LogP contribution is 2.39. The Morgan fingerprint density at radius 3 is 2.14 bits per heavy atom. The van der Waals surface area contributed by atoms with Gasteiger partial charge in [-0.1, -0.05) is 36.4 Å².